The Bertz CT molecular complexity index is 464. The molecule has 0 aromatic heterocycles. The number of anilines is 1. The number of hydrogen-bond acceptors (Lipinski definition) is 4. The maximum absolute atomic E-state index is 11.6. The minimum absolute atomic E-state index is 0.201. The van der Waals surface area contributed by atoms with Gasteiger partial charge in [0.25, 0.3) is 0 Å². The van der Waals surface area contributed by atoms with Crippen molar-refractivity contribution in [2.45, 2.75) is 0 Å². The molecule has 1 aromatic carbocycles. The second-order valence-corrected chi connectivity index (χ2v) is 4.22. The monoisotopic (exact) mass is 262 g/mol. The zero-order chi connectivity index (χ0) is 14.3. The van der Waals surface area contributed by atoms with Crippen molar-refractivity contribution in [3.8, 4) is 0 Å². The summed E-state index contributed by atoms with van der Waals surface area (Å²) >= 11 is 0. The van der Waals surface area contributed by atoms with Crippen molar-refractivity contribution in [3.05, 3.63) is 42.0 Å². The van der Waals surface area contributed by atoms with E-state index in [4.69, 9.17) is 0 Å². The Balaban J connectivity index is 2.56. The second-order valence-electron chi connectivity index (χ2n) is 4.22. The lowest BCUT2D eigenvalue weighted by Crippen LogP contribution is -2.13. The van der Waals surface area contributed by atoms with E-state index in [0.717, 1.165) is 0 Å². The summed E-state index contributed by atoms with van der Waals surface area (Å²) in [5.41, 5.74) is 1.08. The lowest BCUT2D eigenvalue weighted by Gasteiger charge is -2.05. The summed E-state index contributed by atoms with van der Waals surface area (Å²) in [6.07, 6.45) is 3.26. The third kappa shape index (κ3) is 5.35. The van der Waals surface area contributed by atoms with E-state index in [-0.39, 0.29) is 5.91 Å². The summed E-state index contributed by atoms with van der Waals surface area (Å²) < 4.78 is 4.59. The third-order valence-electron chi connectivity index (χ3n) is 2.31. The normalized spacial score (nSPS) is 10.7. The van der Waals surface area contributed by atoms with Gasteiger partial charge in [0.2, 0.25) is 5.91 Å². The van der Waals surface area contributed by atoms with Crippen LogP contribution in [0.3, 0.4) is 0 Å². The minimum Gasteiger partial charge on any atom is -0.465 e. The first-order valence-corrected chi connectivity index (χ1v) is 5.83. The molecule has 0 saturated carbocycles. The van der Waals surface area contributed by atoms with E-state index in [9.17, 15) is 9.59 Å². The fourth-order valence-corrected chi connectivity index (χ4v) is 1.36. The SMILES string of the molecule is COC(=O)c1ccc(NC(=O)C=CCN(C)C)cc1. The molecule has 0 radical (unpaired) electrons. The van der Waals surface area contributed by atoms with Gasteiger partial charge in [-0.2, -0.15) is 0 Å². The summed E-state index contributed by atoms with van der Waals surface area (Å²) in [5, 5.41) is 2.70. The van der Waals surface area contributed by atoms with Crippen LogP contribution in [-0.2, 0) is 9.53 Å². The molecule has 0 aliphatic carbocycles. The maximum Gasteiger partial charge on any atom is 0.337 e. The number of esters is 1. The smallest absolute Gasteiger partial charge is 0.337 e. The second kappa shape index (κ2) is 7.33. The number of amides is 1. The number of rotatable bonds is 5. The Morgan fingerprint density at radius 1 is 1.26 bits per heavy atom. The van der Waals surface area contributed by atoms with Gasteiger partial charge < -0.3 is 15.0 Å². The lowest BCUT2D eigenvalue weighted by molar-refractivity contribution is -0.111. The number of likely N-dealkylation sites (N-methyl/N-ethyl adjacent to an activating group) is 1. The van der Waals surface area contributed by atoms with Gasteiger partial charge in [-0.15, -0.1) is 0 Å². The van der Waals surface area contributed by atoms with E-state index in [1.807, 2.05) is 19.0 Å². The van der Waals surface area contributed by atoms with Gasteiger partial charge in [0.15, 0.2) is 0 Å². The molecule has 0 bridgehead atoms. The van der Waals surface area contributed by atoms with E-state index in [2.05, 4.69) is 10.1 Å². The van der Waals surface area contributed by atoms with Crippen LogP contribution in [0.4, 0.5) is 5.69 Å². The Hall–Kier alpha value is -2.14. The summed E-state index contributed by atoms with van der Waals surface area (Å²) in [7, 11) is 5.18. The first-order valence-electron chi connectivity index (χ1n) is 5.83. The Morgan fingerprint density at radius 3 is 2.42 bits per heavy atom. The Labute approximate surface area is 112 Å². The molecular formula is C14H18N2O3. The van der Waals surface area contributed by atoms with Gasteiger partial charge in [-0.3, -0.25) is 4.79 Å². The highest BCUT2D eigenvalue weighted by Crippen LogP contribution is 2.10. The van der Waals surface area contributed by atoms with E-state index >= 15 is 0 Å². The van der Waals surface area contributed by atoms with Crippen LogP contribution >= 0.6 is 0 Å². The average Bonchev–Trinajstić information content (AvgIpc) is 2.38. The van der Waals surface area contributed by atoms with Crippen molar-refractivity contribution < 1.29 is 14.3 Å². The van der Waals surface area contributed by atoms with Gasteiger partial charge in [-0.25, -0.2) is 4.79 Å². The van der Waals surface area contributed by atoms with Crippen LogP contribution in [0.15, 0.2) is 36.4 Å². The van der Waals surface area contributed by atoms with Crippen molar-refractivity contribution in [2.24, 2.45) is 0 Å². The van der Waals surface area contributed by atoms with Crippen molar-refractivity contribution in [2.75, 3.05) is 33.1 Å². The van der Waals surface area contributed by atoms with Crippen molar-refractivity contribution >= 4 is 17.6 Å². The molecule has 0 aliphatic heterocycles. The summed E-state index contributed by atoms with van der Waals surface area (Å²) in [4.78, 5) is 24.7. The average molecular weight is 262 g/mol. The molecule has 0 saturated heterocycles. The number of methoxy groups -OCH3 is 1. The molecule has 1 rings (SSSR count). The van der Waals surface area contributed by atoms with Gasteiger partial charge in [-0.05, 0) is 38.4 Å². The van der Waals surface area contributed by atoms with Crippen LogP contribution in [0.2, 0.25) is 0 Å². The fourth-order valence-electron chi connectivity index (χ4n) is 1.36. The van der Waals surface area contributed by atoms with Crippen LogP contribution in [0.1, 0.15) is 10.4 Å². The van der Waals surface area contributed by atoms with E-state index in [1.54, 1.807) is 30.3 Å². The summed E-state index contributed by atoms with van der Waals surface area (Å²) in [6, 6.07) is 6.52. The van der Waals surface area contributed by atoms with Gasteiger partial charge in [0.05, 0.1) is 12.7 Å². The van der Waals surface area contributed by atoms with Crippen LogP contribution in [0, 0.1) is 0 Å². The topological polar surface area (TPSA) is 58.6 Å². The molecule has 102 valence electrons. The van der Waals surface area contributed by atoms with Crippen LogP contribution in [0.25, 0.3) is 0 Å². The van der Waals surface area contributed by atoms with Crippen molar-refractivity contribution in [3.63, 3.8) is 0 Å². The number of carbonyl (C=O) groups is 2. The minimum atomic E-state index is -0.399. The quantitative estimate of drug-likeness (QED) is 0.646. The Kier molecular flexibility index (Phi) is 5.75. The molecule has 5 heteroatoms. The summed E-state index contributed by atoms with van der Waals surface area (Å²) in [6.45, 7) is 0.703. The van der Waals surface area contributed by atoms with Crippen LogP contribution in [0.5, 0.6) is 0 Å². The first-order chi connectivity index (χ1) is 9.02. The predicted octanol–water partition coefficient (Wildman–Crippen LogP) is 1.53. The highest BCUT2D eigenvalue weighted by atomic mass is 16.5. The zero-order valence-electron chi connectivity index (χ0n) is 11.3. The molecule has 1 amide bonds. The van der Waals surface area contributed by atoms with Gasteiger partial charge in [0, 0.05) is 18.3 Å². The molecule has 0 heterocycles. The Morgan fingerprint density at radius 2 is 1.89 bits per heavy atom. The number of hydrogen-bond donors (Lipinski definition) is 1. The highest BCUT2D eigenvalue weighted by molar-refractivity contribution is 5.99. The number of benzene rings is 1. The zero-order valence-corrected chi connectivity index (χ0v) is 11.3. The molecule has 1 N–H and O–H groups in total. The number of nitrogens with one attached hydrogen (secondary N) is 1. The lowest BCUT2D eigenvalue weighted by atomic mass is 10.2. The van der Waals surface area contributed by atoms with E-state index < -0.39 is 5.97 Å². The maximum atomic E-state index is 11.6. The molecule has 0 unspecified atom stereocenters. The molecule has 0 fully saturated rings. The molecule has 0 atom stereocenters. The highest BCUT2D eigenvalue weighted by Gasteiger charge is 2.04. The number of carbonyl (C=O) groups excluding carboxylic acids is 2. The van der Waals surface area contributed by atoms with Crippen LogP contribution < -0.4 is 5.32 Å². The van der Waals surface area contributed by atoms with Gasteiger partial charge in [-0.1, -0.05) is 6.08 Å². The standard InChI is InChI=1S/C14H18N2O3/c1-16(2)10-4-5-13(17)15-12-8-6-11(7-9-12)14(18)19-3/h4-9H,10H2,1-3H3,(H,15,17). The molecule has 0 aliphatic rings. The molecule has 5 nitrogen and oxygen atoms in total. The van der Waals surface area contributed by atoms with E-state index in [0.29, 0.717) is 17.8 Å². The fraction of sp³-hybridized carbons (Fsp3) is 0.286. The number of ether oxygens (including phenoxy) is 1. The first kappa shape index (κ1) is 14.9. The largest absolute Gasteiger partial charge is 0.465 e. The molecule has 19 heavy (non-hydrogen) atoms. The molecule has 0 spiro atoms. The van der Waals surface area contributed by atoms with E-state index in [1.165, 1.54) is 13.2 Å². The van der Waals surface area contributed by atoms with Gasteiger partial charge >= 0.3 is 5.97 Å². The van der Waals surface area contributed by atoms with Crippen molar-refractivity contribution in [1.29, 1.82) is 0 Å². The molecular weight excluding hydrogens is 244 g/mol. The van der Waals surface area contributed by atoms with Crippen molar-refractivity contribution in [1.82, 2.24) is 4.90 Å². The van der Waals surface area contributed by atoms with Gasteiger partial charge in [0.1, 0.15) is 0 Å². The predicted molar refractivity (Wildman–Crippen MR) is 74.1 cm³/mol. The molecule has 1 aromatic rings. The third-order valence-corrected chi connectivity index (χ3v) is 2.31. The number of nitrogens with zero attached hydrogens (tertiary/aromatic N) is 1. The summed E-state index contributed by atoms with van der Waals surface area (Å²) in [5.74, 6) is -0.601. The van der Waals surface area contributed by atoms with Crippen LogP contribution in [-0.4, -0.2) is 44.5 Å².